The Morgan fingerprint density at radius 2 is 2.00 bits per heavy atom. The lowest BCUT2D eigenvalue weighted by atomic mass is 10.0. The number of carbonyl (C=O) groups is 1. The zero-order valence-corrected chi connectivity index (χ0v) is 13.2. The number of rotatable bonds is 5. The summed E-state index contributed by atoms with van der Waals surface area (Å²) in [6, 6.07) is 14.3. The summed E-state index contributed by atoms with van der Waals surface area (Å²) < 4.78 is 1.56. The Labute approximate surface area is 134 Å². The summed E-state index contributed by atoms with van der Waals surface area (Å²) in [5.74, 6) is 0.637. The molecular weight excluding hydrogens is 290 g/mol. The SMILES string of the molecule is C[C@H](NC(=O)CCc1ccc2ccccc2c1)c1nnnn1C. The van der Waals surface area contributed by atoms with Gasteiger partial charge in [-0.3, -0.25) is 4.79 Å². The van der Waals surface area contributed by atoms with Crippen molar-refractivity contribution in [1.29, 1.82) is 0 Å². The maximum atomic E-state index is 12.1. The van der Waals surface area contributed by atoms with E-state index in [2.05, 4.69) is 51.2 Å². The Morgan fingerprint density at radius 1 is 1.22 bits per heavy atom. The number of aromatic nitrogens is 4. The highest BCUT2D eigenvalue weighted by atomic mass is 16.1. The summed E-state index contributed by atoms with van der Waals surface area (Å²) in [6.45, 7) is 1.87. The molecule has 0 saturated carbocycles. The summed E-state index contributed by atoms with van der Waals surface area (Å²) in [5.41, 5.74) is 1.16. The fraction of sp³-hybridized carbons (Fsp3) is 0.294. The number of aryl methyl sites for hydroxylation is 2. The smallest absolute Gasteiger partial charge is 0.220 e. The fourth-order valence-electron chi connectivity index (χ4n) is 2.63. The van der Waals surface area contributed by atoms with E-state index in [0.717, 1.165) is 5.56 Å². The van der Waals surface area contributed by atoms with Gasteiger partial charge in [0, 0.05) is 13.5 Å². The maximum absolute atomic E-state index is 12.1. The summed E-state index contributed by atoms with van der Waals surface area (Å²) in [4.78, 5) is 12.1. The van der Waals surface area contributed by atoms with Crippen LogP contribution in [0.4, 0.5) is 0 Å². The number of tetrazole rings is 1. The number of amides is 1. The molecule has 1 atom stereocenters. The minimum absolute atomic E-state index is 0.00587. The first-order chi connectivity index (χ1) is 11.1. The van der Waals surface area contributed by atoms with Crippen LogP contribution in [-0.2, 0) is 18.3 Å². The zero-order chi connectivity index (χ0) is 16.2. The lowest BCUT2D eigenvalue weighted by Crippen LogP contribution is -2.28. The molecule has 6 heteroatoms. The van der Waals surface area contributed by atoms with Gasteiger partial charge in [-0.1, -0.05) is 42.5 Å². The van der Waals surface area contributed by atoms with Crippen molar-refractivity contribution in [2.24, 2.45) is 7.05 Å². The van der Waals surface area contributed by atoms with Crippen molar-refractivity contribution >= 4 is 16.7 Å². The van der Waals surface area contributed by atoms with Gasteiger partial charge in [0.15, 0.2) is 5.82 Å². The molecule has 1 N–H and O–H groups in total. The van der Waals surface area contributed by atoms with Gasteiger partial charge in [0.05, 0.1) is 6.04 Å². The molecule has 118 valence electrons. The van der Waals surface area contributed by atoms with Crippen molar-refractivity contribution in [3.63, 3.8) is 0 Å². The highest BCUT2D eigenvalue weighted by molar-refractivity contribution is 5.83. The van der Waals surface area contributed by atoms with Gasteiger partial charge in [-0.2, -0.15) is 0 Å². The Kier molecular flexibility index (Phi) is 4.32. The molecule has 0 aliphatic rings. The second-order valence-corrected chi connectivity index (χ2v) is 5.63. The van der Waals surface area contributed by atoms with Gasteiger partial charge in [0.25, 0.3) is 0 Å². The third-order valence-electron chi connectivity index (χ3n) is 3.87. The van der Waals surface area contributed by atoms with Crippen LogP contribution >= 0.6 is 0 Å². The van der Waals surface area contributed by atoms with Gasteiger partial charge < -0.3 is 5.32 Å². The van der Waals surface area contributed by atoms with E-state index >= 15 is 0 Å². The van der Waals surface area contributed by atoms with E-state index < -0.39 is 0 Å². The van der Waals surface area contributed by atoms with Gasteiger partial charge in [0.2, 0.25) is 5.91 Å². The molecule has 2 aromatic carbocycles. The third kappa shape index (κ3) is 3.53. The molecule has 3 aromatic rings. The van der Waals surface area contributed by atoms with E-state index in [0.29, 0.717) is 18.7 Å². The van der Waals surface area contributed by atoms with Gasteiger partial charge in [-0.05, 0) is 40.1 Å². The second-order valence-electron chi connectivity index (χ2n) is 5.63. The molecular formula is C17H19N5O. The Morgan fingerprint density at radius 3 is 2.74 bits per heavy atom. The number of hydrogen-bond donors (Lipinski definition) is 1. The topological polar surface area (TPSA) is 72.7 Å². The first-order valence-electron chi connectivity index (χ1n) is 7.63. The van der Waals surface area contributed by atoms with E-state index in [1.165, 1.54) is 10.8 Å². The van der Waals surface area contributed by atoms with Crippen LogP contribution in [-0.4, -0.2) is 26.1 Å². The van der Waals surface area contributed by atoms with Crippen LogP contribution in [0.1, 0.15) is 30.8 Å². The minimum atomic E-state index is -0.209. The molecule has 6 nitrogen and oxygen atoms in total. The monoisotopic (exact) mass is 309 g/mol. The number of benzene rings is 2. The number of hydrogen-bond acceptors (Lipinski definition) is 4. The molecule has 0 fully saturated rings. The lowest BCUT2D eigenvalue weighted by molar-refractivity contribution is -0.121. The molecule has 0 saturated heterocycles. The molecule has 0 spiro atoms. The van der Waals surface area contributed by atoms with Gasteiger partial charge in [-0.25, -0.2) is 4.68 Å². The predicted octanol–water partition coefficient (Wildman–Crippen LogP) is 2.17. The molecule has 23 heavy (non-hydrogen) atoms. The van der Waals surface area contributed by atoms with Gasteiger partial charge in [-0.15, -0.1) is 5.10 Å². The Hall–Kier alpha value is -2.76. The van der Waals surface area contributed by atoms with E-state index in [9.17, 15) is 4.79 Å². The van der Waals surface area contributed by atoms with E-state index in [1.807, 2.05) is 19.1 Å². The predicted molar refractivity (Wildman–Crippen MR) is 87.6 cm³/mol. The zero-order valence-electron chi connectivity index (χ0n) is 13.2. The largest absolute Gasteiger partial charge is 0.346 e. The van der Waals surface area contributed by atoms with Crippen LogP contribution in [0.25, 0.3) is 10.8 Å². The minimum Gasteiger partial charge on any atom is -0.346 e. The first kappa shape index (κ1) is 15.1. The van der Waals surface area contributed by atoms with Crippen LogP contribution in [0.5, 0.6) is 0 Å². The quantitative estimate of drug-likeness (QED) is 0.784. The average Bonchev–Trinajstić information content (AvgIpc) is 2.99. The van der Waals surface area contributed by atoms with Crippen molar-refractivity contribution in [3.05, 3.63) is 53.9 Å². The van der Waals surface area contributed by atoms with Crippen molar-refractivity contribution in [2.75, 3.05) is 0 Å². The van der Waals surface area contributed by atoms with Gasteiger partial charge in [0.1, 0.15) is 0 Å². The van der Waals surface area contributed by atoms with Crippen molar-refractivity contribution < 1.29 is 4.79 Å². The van der Waals surface area contributed by atoms with Crippen LogP contribution in [0, 0.1) is 0 Å². The van der Waals surface area contributed by atoms with Crippen molar-refractivity contribution in [3.8, 4) is 0 Å². The van der Waals surface area contributed by atoms with Crippen molar-refractivity contribution in [1.82, 2.24) is 25.5 Å². The molecule has 1 heterocycles. The third-order valence-corrected chi connectivity index (χ3v) is 3.87. The van der Waals surface area contributed by atoms with E-state index in [-0.39, 0.29) is 11.9 Å². The van der Waals surface area contributed by atoms with E-state index in [4.69, 9.17) is 0 Å². The van der Waals surface area contributed by atoms with Crippen LogP contribution < -0.4 is 5.32 Å². The fourth-order valence-corrected chi connectivity index (χ4v) is 2.63. The molecule has 3 rings (SSSR count). The summed E-state index contributed by atoms with van der Waals surface area (Å²) in [5, 5.41) is 16.6. The standard InChI is InChI=1S/C17H19N5O/c1-12(17-19-20-21-22(17)2)18-16(23)10-8-13-7-9-14-5-3-4-6-15(14)11-13/h3-7,9,11-12H,8,10H2,1-2H3,(H,18,23)/t12-/m0/s1. The van der Waals surface area contributed by atoms with Crippen LogP contribution in [0.3, 0.4) is 0 Å². The van der Waals surface area contributed by atoms with Gasteiger partial charge >= 0.3 is 0 Å². The summed E-state index contributed by atoms with van der Waals surface area (Å²) in [7, 11) is 1.76. The molecule has 0 radical (unpaired) electrons. The number of nitrogens with one attached hydrogen (secondary N) is 1. The number of fused-ring (bicyclic) bond motifs is 1. The molecule has 0 aliphatic carbocycles. The second kappa shape index (κ2) is 6.56. The average molecular weight is 309 g/mol. The molecule has 1 aromatic heterocycles. The Balaban J connectivity index is 1.58. The molecule has 0 unspecified atom stereocenters. The Bertz CT molecular complexity index is 826. The van der Waals surface area contributed by atoms with Crippen LogP contribution in [0.2, 0.25) is 0 Å². The molecule has 0 aliphatic heterocycles. The highest BCUT2D eigenvalue weighted by Crippen LogP contribution is 2.16. The molecule has 1 amide bonds. The normalized spacial score (nSPS) is 12.3. The van der Waals surface area contributed by atoms with E-state index in [1.54, 1.807) is 11.7 Å². The maximum Gasteiger partial charge on any atom is 0.220 e. The highest BCUT2D eigenvalue weighted by Gasteiger charge is 2.14. The molecule has 0 bridgehead atoms. The number of nitrogens with zero attached hydrogens (tertiary/aromatic N) is 4. The lowest BCUT2D eigenvalue weighted by Gasteiger charge is -2.12. The first-order valence-corrected chi connectivity index (χ1v) is 7.63. The number of carbonyl (C=O) groups excluding carboxylic acids is 1. The van der Waals surface area contributed by atoms with Crippen LogP contribution in [0.15, 0.2) is 42.5 Å². The summed E-state index contributed by atoms with van der Waals surface area (Å²) >= 11 is 0. The van der Waals surface area contributed by atoms with Crippen molar-refractivity contribution in [2.45, 2.75) is 25.8 Å². The summed E-state index contributed by atoms with van der Waals surface area (Å²) in [6.07, 6.45) is 1.15.